The largest absolute Gasteiger partial charge is 0.401 e. The van der Waals surface area contributed by atoms with Crippen LogP contribution in [0.5, 0.6) is 0 Å². The minimum absolute atomic E-state index is 0.0174. The van der Waals surface area contributed by atoms with Crippen molar-refractivity contribution < 1.29 is 22.7 Å². The van der Waals surface area contributed by atoms with Crippen LogP contribution < -0.4 is 4.72 Å². The molecule has 2 aromatic carbocycles. The SMILES string of the molecule is Cc1ccc(S(=O)(=O)NC(=O)[C@@H](/C=C/C[C@@H](O)c2ccccc2)O[Si](C(C)C)(C(C)C)C(C)C)cc1. The van der Waals surface area contributed by atoms with Crippen molar-refractivity contribution in [2.75, 3.05) is 0 Å². The maximum absolute atomic E-state index is 13.4. The van der Waals surface area contributed by atoms with E-state index in [9.17, 15) is 18.3 Å². The molecule has 2 atom stereocenters. The van der Waals surface area contributed by atoms with E-state index in [0.717, 1.165) is 11.1 Å². The van der Waals surface area contributed by atoms with Gasteiger partial charge in [0, 0.05) is 0 Å². The van der Waals surface area contributed by atoms with Gasteiger partial charge in [-0.15, -0.1) is 0 Å². The van der Waals surface area contributed by atoms with Crippen LogP contribution in [0.15, 0.2) is 71.6 Å². The summed E-state index contributed by atoms with van der Waals surface area (Å²) in [6, 6.07) is 15.6. The van der Waals surface area contributed by atoms with Crippen molar-refractivity contribution in [3.05, 3.63) is 77.9 Å². The first-order valence-electron chi connectivity index (χ1n) is 12.5. The van der Waals surface area contributed by atoms with E-state index < -0.39 is 36.5 Å². The molecule has 0 aromatic heterocycles. The third kappa shape index (κ3) is 7.38. The topological polar surface area (TPSA) is 92.7 Å². The first-order chi connectivity index (χ1) is 16.8. The molecule has 0 aliphatic heterocycles. The smallest absolute Gasteiger partial charge is 0.265 e. The van der Waals surface area contributed by atoms with Crippen LogP contribution in [-0.4, -0.2) is 33.9 Å². The minimum Gasteiger partial charge on any atom is -0.401 e. The Kier molecular flexibility index (Phi) is 10.7. The van der Waals surface area contributed by atoms with Gasteiger partial charge in [-0.05, 0) is 47.7 Å². The zero-order chi connectivity index (χ0) is 27.1. The molecule has 8 heteroatoms. The summed E-state index contributed by atoms with van der Waals surface area (Å²) in [5.74, 6) is -0.736. The van der Waals surface area contributed by atoms with Crippen molar-refractivity contribution in [2.24, 2.45) is 0 Å². The van der Waals surface area contributed by atoms with Crippen LogP contribution in [0, 0.1) is 6.92 Å². The third-order valence-electron chi connectivity index (χ3n) is 6.72. The number of carbonyl (C=O) groups is 1. The number of nitrogens with one attached hydrogen (secondary N) is 1. The van der Waals surface area contributed by atoms with E-state index in [1.54, 1.807) is 24.3 Å². The summed E-state index contributed by atoms with van der Waals surface area (Å²) in [4.78, 5) is 13.4. The molecule has 0 heterocycles. The van der Waals surface area contributed by atoms with E-state index in [0.29, 0.717) is 0 Å². The second kappa shape index (κ2) is 12.8. The number of carbonyl (C=O) groups excluding carboxylic acids is 1. The van der Waals surface area contributed by atoms with Gasteiger partial charge in [0.15, 0.2) is 0 Å². The van der Waals surface area contributed by atoms with Gasteiger partial charge in [0.25, 0.3) is 15.9 Å². The van der Waals surface area contributed by atoms with Crippen LogP contribution in [0.1, 0.15) is 65.2 Å². The summed E-state index contributed by atoms with van der Waals surface area (Å²) >= 11 is 0. The standard InChI is InChI=1S/C28H41NO5SSi/c1-20(2)36(21(3)4,22(5)6)34-27(15-11-14-26(30)24-12-9-8-10-13-24)28(31)29-35(32,33)25-18-16-23(7)17-19-25/h8-13,15-22,26-27,30H,14H2,1-7H3,(H,29,31)/b15-11+/t26-,27-/m1/s1. The second-order valence-electron chi connectivity index (χ2n) is 10.2. The molecule has 2 aromatic rings. The highest BCUT2D eigenvalue weighted by atomic mass is 32.2. The lowest BCUT2D eigenvalue weighted by Crippen LogP contribution is -2.53. The number of hydrogen-bond donors (Lipinski definition) is 2. The van der Waals surface area contributed by atoms with Gasteiger partial charge in [0.1, 0.15) is 6.10 Å². The Bertz CT molecular complexity index is 1090. The Hall–Kier alpha value is -2.26. The predicted octanol–water partition coefficient (Wildman–Crippen LogP) is 6.04. The van der Waals surface area contributed by atoms with Crippen LogP contribution >= 0.6 is 0 Å². The molecule has 0 bridgehead atoms. The average molecular weight is 532 g/mol. The fourth-order valence-electron chi connectivity index (χ4n) is 4.92. The summed E-state index contributed by atoms with van der Waals surface area (Å²) in [5, 5.41) is 10.5. The summed E-state index contributed by atoms with van der Waals surface area (Å²) in [7, 11) is -6.60. The van der Waals surface area contributed by atoms with Gasteiger partial charge >= 0.3 is 0 Å². The van der Waals surface area contributed by atoms with Crippen LogP contribution in [0.25, 0.3) is 0 Å². The van der Waals surface area contributed by atoms with Gasteiger partial charge in [-0.3, -0.25) is 4.79 Å². The van der Waals surface area contributed by atoms with E-state index in [-0.39, 0.29) is 27.9 Å². The molecule has 36 heavy (non-hydrogen) atoms. The first-order valence-corrected chi connectivity index (χ1v) is 16.1. The van der Waals surface area contributed by atoms with Crippen molar-refractivity contribution in [2.45, 2.75) is 88.6 Å². The Balaban J connectivity index is 2.37. The van der Waals surface area contributed by atoms with Gasteiger partial charge < -0.3 is 9.53 Å². The number of sulfonamides is 1. The molecule has 0 saturated heterocycles. The first kappa shape index (κ1) is 30.0. The zero-order valence-corrected chi connectivity index (χ0v) is 24.2. The molecule has 0 unspecified atom stereocenters. The maximum Gasteiger partial charge on any atom is 0.265 e. The fourth-order valence-corrected chi connectivity index (χ4v) is 11.4. The lowest BCUT2D eigenvalue weighted by Gasteiger charge is -2.43. The molecule has 2 rings (SSSR count). The highest BCUT2D eigenvalue weighted by molar-refractivity contribution is 7.90. The average Bonchev–Trinajstić information content (AvgIpc) is 2.80. The summed E-state index contributed by atoms with van der Waals surface area (Å²) in [6.45, 7) is 14.5. The van der Waals surface area contributed by atoms with Gasteiger partial charge in [-0.1, -0.05) is 102 Å². The number of aliphatic hydroxyl groups excluding tert-OH is 1. The molecule has 0 aliphatic carbocycles. The monoisotopic (exact) mass is 531 g/mol. The molecule has 6 nitrogen and oxygen atoms in total. The number of amides is 1. The molecule has 0 aliphatic rings. The number of hydrogen-bond acceptors (Lipinski definition) is 5. The Morgan fingerprint density at radius 1 is 0.944 bits per heavy atom. The fraction of sp³-hybridized carbons (Fsp3) is 0.464. The van der Waals surface area contributed by atoms with Crippen LogP contribution in [-0.2, 0) is 19.2 Å². The number of benzene rings is 2. The maximum atomic E-state index is 13.4. The van der Waals surface area contributed by atoms with Gasteiger partial charge in [-0.25, -0.2) is 13.1 Å². The molecule has 0 spiro atoms. The summed E-state index contributed by atoms with van der Waals surface area (Å²) in [5.41, 5.74) is 2.28. The van der Waals surface area contributed by atoms with E-state index in [1.165, 1.54) is 12.1 Å². The minimum atomic E-state index is -4.07. The molecule has 0 saturated carbocycles. The lowest BCUT2D eigenvalue weighted by molar-refractivity contribution is -0.124. The van der Waals surface area contributed by atoms with Crippen molar-refractivity contribution in [1.82, 2.24) is 4.72 Å². The Labute approximate surface area is 218 Å². The van der Waals surface area contributed by atoms with Crippen LogP contribution in [0.4, 0.5) is 0 Å². The number of aryl methyl sites for hydroxylation is 1. The van der Waals surface area contributed by atoms with Crippen LogP contribution in [0.3, 0.4) is 0 Å². The highest BCUT2D eigenvalue weighted by Crippen LogP contribution is 2.43. The van der Waals surface area contributed by atoms with Gasteiger partial charge in [0.05, 0.1) is 11.0 Å². The van der Waals surface area contributed by atoms with Crippen molar-refractivity contribution in [3.63, 3.8) is 0 Å². The molecule has 2 N–H and O–H groups in total. The van der Waals surface area contributed by atoms with Crippen LogP contribution in [0.2, 0.25) is 16.6 Å². The normalized spacial score (nSPS) is 14.5. The number of aliphatic hydroxyl groups is 1. The highest BCUT2D eigenvalue weighted by Gasteiger charge is 2.47. The van der Waals surface area contributed by atoms with Gasteiger partial charge in [-0.2, -0.15) is 0 Å². The molecular formula is C28H41NO5SSi. The molecular weight excluding hydrogens is 490 g/mol. The molecule has 0 fully saturated rings. The van der Waals surface area contributed by atoms with Crippen molar-refractivity contribution in [1.29, 1.82) is 0 Å². The van der Waals surface area contributed by atoms with Crippen molar-refractivity contribution >= 4 is 24.2 Å². The molecule has 0 radical (unpaired) electrons. The van der Waals surface area contributed by atoms with E-state index in [2.05, 4.69) is 46.3 Å². The molecule has 198 valence electrons. The van der Waals surface area contributed by atoms with E-state index >= 15 is 0 Å². The summed E-state index contributed by atoms with van der Waals surface area (Å²) in [6.07, 6.45) is 1.69. The number of rotatable bonds is 12. The Morgan fingerprint density at radius 3 is 1.97 bits per heavy atom. The van der Waals surface area contributed by atoms with Gasteiger partial charge in [0.2, 0.25) is 8.32 Å². The predicted molar refractivity (Wildman–Crippen MR) is 148 cm³/mol. The lowest BCUT2D eigenvalue weighted by atomic mass is 10.1. The second-order valence-corrected chi connectivity index (χ2v) is 17.3. The molecule has 1 amide bonds. The third-order valence-corrected chi connectivity index (χ3v) is 14.2. The quantitative estimate of drug-likeness (QED) is 0.257. The zero-order valence-electron chi connectivity index (χ0n) is 22.4. The van der Waals surface area contributed by atoms with E-state index in [1.807, 2.05) is 37.3 Å². The Morgan fingerprint density at radius 2 is 1.47 bits per heavy atom. The van der Waals surface area contributed by atoms with Crippen molar-refractivity contribution in [3.8, 4) is 0 Å². The summed E-state index contributed by atoms with van der Waals surface area (Å²) < 4.78 is 34.8. The van der Waals surface area contributed by atoms with E-state index in [4.69, 9.17) is 4.43 Å².